The molecule has 1 unspecified atom stereocenters. The Morgan fingerprint density at radius 2 is 2.31 bits per heavy atom. The minimum absolute atomic E-state index is 0.233. The molecule has 74 valence electrons. The Bertz CT molecular complexity index is 234. The van der Waals surface area contributed by atoms with Crippen molar-refractivity contribution < 1.29 is 14.7 Å². The zero-order valence-electron chi connectivity index (χ0n) is 7.01. The zero-order valence-corrected chi connectivity index (χ0v) is 7.91. The van der Waals surface area contributed by atoms with Crippen LogP contribution in [0.25, 0.3) is 0 Å². The zero-order chi connectivity index (χ0) is 10.0. The number of Topliss-reactive ketones (excluding diaryl/α,β-unsaturated/α-hetero) is 1. The lowest BCUT2D eigenvalue weighted by atomic mass is 9.95. The summed E-state index contributed by atoms with van der Waals surface area (Å²) in [5.74, 6) is 0.0200. The average Bonchev–Trinajstić information content (AvgIpc) is 1.99. The third-order valence-corrected chi connectivity index (χ3v) is 2.55. The lowest BCUT2D eigenvalue weighted by Crippen LogP contribution is -2.58. The van der Waals surface area contributed by atoms with Gasteiger partial charge in [0.25, 0.3) is 0 Å². The summed E-state index contributed by atoms with van der Waals surface area (Å²) in [5, 5.41) is 8.62. The number of nitrogens with zero attached hydrogens (tertiary/aromatic N) is 1. The van der Waals surface area contributed by atoms with E-state index < -0.39 is 18.2 Å². The minimum atomic E-state index is -1.06. The molecule has 1 rings (SSSR count). The van der Waals surface area contributed by atoms with Gasteiger partial charge in [-0.2, -0.15) is 12.6 Å². The van der Waals surface area contributed by atoms with Crippen LogP contribution in [-0.2, 0) is 4.79 Å². The van der Waals surface area contributed by atoms with Crippen LogP contribution in [0.2, 0.25) is 0 Å². The summed E-state index contributed by atoms with van der Waals surface area (Å²) in [6.07, 6.45) is -0.483. The van der Waals surface area contributed by atoms with Gasteiger partial charge in [-0.05, 0) is 6.42 Å². The molecule has 0 aromatic carbocycles. The van der Waals surface area contributed by atoms with Gasteiger partial charge in [0.1, 0.15) is 0 Å². The molecule has 1 amide bonds. The molecule has 1 saturated heterocycles. The summed E-state index contributed by atoms with van der Waals surface area (Å²) in [5.41, 5.74) is 5.44. The second kappa shape index (κ2) is 3.97. The molecule has 1 aliphatic rings. The van der Waals surface area contributed by atoms with E-state index in [-0.39, 0.29) is 11.5 Å². The first-order chi connectivity index (χ1) is 6.07. The number of carbonyl (C=O) groups excluding carboxylic acids is 1. The highest BCUT2D eigenvalue weighted by molar-refractivity contribution is 7.80. The Labute approximate surface area is 81.3 Å². The molecule has 0 aromatic heterocycles. The monoisotopic (exact) mass is 204 g/mol. The molecule has 5 nitrogen and oxygen atoms in total. The Morgan fingerprint density at radius 3 is 2.62 bits per heavy atom. The van der Waals surface area contributed by atoms with E-state index in [1.54, 1.807) is 0 Å². The second-order valence-corrected chi connectivity index (χ2v) is 3.34. The van der Waals surface area contributed by atoms with E-state index in [2.05, 4.69) is 12.6 Å². The SMILES string of the molecule is N[C@@H](CS)C(=O)C1CCN1C(=O)O. The number of rotatable bonds is 3. The lowest BCUT2D eigenvalue weighted by molar-refractivity contribution is -0.128. The van der Waals surface area contributed by atoms with Crippen LogP contribution < -0.4 is 5.73 Å². The number of nitrogens with two attached hydrogens (primary N) is 1. The highest BCUT2D eigenvalue weighted by atomic mass is 32.1. The van der Waals surface area contributed by atoms with Gasteiger partial charge in [-0.15, -0.1) is 0 Å². The van der Waals surface area contributed by atoms with Crippen molar-refractivity contribution in [2.75, 3.05) is 12.3 Å². The number of hydrogen-bond donors (Lipinski definition) is 3. The molecule has 1 fully saturated rings. The molecule has 3 N–H and O–H groups in total. The van der Waals surface area contributed by atoms with Gasteiger partial charge >= 0.3 is 6.09 Å². The topological polar surface area (TPSA) is 83.6 Å². The summed E-state index contributed by atoms with van der Waals surface area (Å²) in [4.78, 5) is 23.0. The second-order valence-electron chi connectivity index (χ2n) is 2.97. The summed E-state index contributed by atoms with van der Waals surface area (Å²) >= 11 is 3.88. The Balaban J connectivity index is 2.53. The molecule has 0 aliphatic carbocycles. The number of amides is 1. The number of likely N-dealkylation sites (tertiary alicyclic amines) is 1. The van der Waals surface area contributed by atoms with Gasteiger partial charge in [-0.1, -0.05) is 0 Å². The fourth-order valence-corrected chi connectivity index (χ4v) is 1.43. The minimum Gasteiger partial charge on any atom is -0.465 e. The van der Waals surface area contributed by atoms with Gasteiger partial charge < -0.3 is 10.8 Å². The van der Waals surface area contributed by atoms with Gasteiger partial charge in [0.15, 0.2) is 5.78 Å². The smallest absolute Gasteiger partial charge is 0.407 e. The maximum absolute atomic E-state index is 11.4. The molecule has 2 atom stereocenters. The molecule has 0 spiro atoms. The van der Waals surface area contributed by atoms with Crippen molar-refractivity contribution in [1.29, 1.82) is 0 Å². The summed E-state index contributed by atoms with van der Waals surface area (Å²) in [7, 11) is 0. The molecular formula is C7H12N2O3S. The van der Waals surface area contributed by atoms with Crippen molar-refractivity contribution in [3.05, 3.63) is 0 Å². The van der Waals surface area contributed by atoms with Gasteiger partial charge in [-0.3, -0.25) is 9.69 Å². The summed E-state index contributed by atoms with van der Waals surface area (Å²) < 4.78 is 0. The number of carbonyl (C=O) groups is 2. The standard InChI is InChI=1S/C7H12N2O3S/c8-4(3-13)6(10)5-1-2-9(5)7(11)12/h4-5,13H,1-3,8H2,(H,11,12)/t4-,5?/m0/s1. The Kier molecular flexibility index (Phi) is 3.16. The van der Waals surface area contributed by atoms with E-state index in [1.165, 1.54) is 0 Å². The van der Waals surface area contributed by atoms with E-state index in [1.807, 2.05) is 0 Å². The van der Waals surface area contributed by atoms with E-state index >= 15 is 0 Å². The first-order valence-electron chi connectivity index (χ1n) is 3.97. The van der Waals surface area contributed by atoms with Crippen LogP contribution >= 0.6 is 12.6 Å². The largest absolute Gasteiger partial charge is 0.465 e. The number of ketones is 1. The van der Waals surface area contributed by atoms with Gasteiger partial charge in [0, 0.05) is 12.3 Å². The van der Waals surface area contributed by atoms with Crippen molar-refractivity contribution >= 4 is 24.5 Å². The Morgan fingerprint density at radius 1 is 1.69 bits per heavy atom. The molecular weight excluding hydrogens is 192 g/mol. The first kappa shape index (κ1) is 10.3. The van der Waals surface area contributed by atoms with Gasteiger partial charge in [-0.25, -0.2) is 4.79 Å². The maximum Gasteiger partial charge on any atom is 0.407 e. The van der Waals surface area contributed by atoms with Crippen LogP contribution in [0.15, 0.2) is 0 Å². The van der Waals surface area contributed by atoms with E-state index in [4.69, 9.17) is 10.8 Å². The maximum atomic E-state index is 11.4. The van der Waals surface area contributed by atoms with Crippen molar-refractivity contribution in [2.45, 2.75) is 18.5 Å². The van der Waals surface area contributed by atoms with Gasteiger partial charge in [0.05, 0.1) is 12.1 Å². The van der Waals surface area contributed by atoms with Crippen molar-refractivity contribution in [2.24, 2.45) is 5.73 Å². The predicted octanol–water partition coefficient (Wildman–Crippen LogP) is -0.435. The molecule has 13 heavy (non-hydrogen) atoms. The number of hydrogen-bond acceptors (Lipinski definition) is 4. The van der Waals surface area contributed by atoms with Crippen molar-refractivity contribution in [3.63, 3.8) is 0 Å². The molecule has 1 aliphatic heterocycles. The average molecular weight is 204 g/mol. The fraction of sp³-hybridized carbons (Fsp3) is 0.714. The lowest BCUT2D eigenvalue weighted by Gasteiger charge is -2.38. The highest BCUT2D eigenvalue weighted by Crippen LogP contribution is 2.19. The van der Waals surface area contributed by atoms with E-state index in [0.29, 0.717) is 13.0 Å². The normalized spacial score (nSPS) is 23.5. The first-order valence-corrected chi connectivity index (χ1v) is 4.61. The van der Waals surface area contributed by atoms with Crippen molar-refractivity contribution in [1.82, 2.24) is 4.90 Å². The van der Waals surface area contributed by atoms with E-state index in [0.717, 1.165) is 4.90 Å². The molecule has 0 saturated carbocycles. The number of thiol groups is 1. The third kappa shape index (κ3) is 1.94. The third-order valence-electron chi connectivity index (χ3n) is 2.16. The quantitative estimate of drug-likeness (QED) is 0.544. The summed E-state index contributed by atoms with van der Waals surface area (Å²) in [6.45, 7) is 0.422. The van der Waals surface area contributed by atoms with Crippen LogP contribution in [0.4, 0.5) is 4.79 Å². The fourth-order valence-electron chi connectivity index (χ4n) is 1.25. The molecule has 1 heterocycles. The molecule has 0 aromatic rings. The Hall–Kier alpha value is -0.750. The molecule has 0 bridgehead atoms. The summed E-state index contributed by atoms with van der Waals surface area (Å²) in [6, 6.07) is -1.20. The molecule has 0 radical (unpaired) electrons. The van der Waals surface area contributed by atoms with Crippen molar-refractivity contribution in [3.8, 4) is 0 Å². The predicted molar refractivity (Wildman–Crippen MR) is 50.0 cm³/mol. The van der Waals surface area contributed by atoms with Crippen LogP contribution in [-0.4, -0.2) is 46.3 Å². The van der Waals surface area contributed by atoms with Crippen LogP contribution in [0.5, 0.6) is 0 Å². The molecule has 6 heteroatoms. The highest BCUT2D eigenvalue weighted by Gasteiger charge is 2.39. The number of carboxylic acid groups (broad SMARTS) is 1. The van der Waals surface area contributed by atoms with Gasteiger partial charge in [0.2, 0.25) is 0 Å². The van der Waals surface area contributed by atoms with E-state index in [9.17, 15) is 9.59 Å². The van der Waals surface area contributed by atoms with Crippen LogP contribution in [0.1, 0.15) is 6.42 Å². The van der Waals surface area contributed by atoms with Crippen LogP contribution in [0.3, 0.4) is 0 Å². The van der Waals surface area contributed by atoms with Crippen LogP contribution in [0, 0.1) is 0 Å².